The fourth-order valence-electron chi connectivity index (χ4n) is 1.60. The van der Waals surface area contributed by atoms with Gasteiger partial charge in [0.15, 0.2) is 0 Å². The van der Waals surface area contributed by atoms with Crippen molar-refractivity contribution in [2.45, 2.75) is 20.0 Å². The molecule has 0 fully saturated rings. The number of likely N-dealkylation sites (N-methyl/N-ethyl adjacent to an activating group) is 1. The van der Waals surface area contributed by atoms with E-state index in [1.807, 2.05) is 6.33 Å². The maximum Gasteiger partial charge on any atom is 0.146 e. The van der Waals surface area contributed by atoms with Crippen LogP contribution in [0.4, 0.5) is 5.82 Å². The van der Waals surface area contributed by atoms with Gasteiger partial charge in [0.25, 0.3) is 0 Å². The summed E-state index contributed by atoms with van der Waals surface area (Å²) < 4.78 is 2.14. The molecule has 0 unspecified atom stereocenters. The summed E-state index contributed by atoms with van der Waals surface area (Å²) in [6, 6.07) is 0. The lowest BCUT2D eigenvalue weighted by molar-refractivity contribution is 0.233. The Bertz CT molecular complexity index is 279. The fourth-order valence-corrected chi connectivity index (χ4v) is 1.60. The minimum atomic E-state index is 0.688. The van der Waals surface area contributed by atoms with E-state index in [1.54, 1.807) is 0 Å². The van der Waals surface area contributed by atoms with Crippen LogP contribution in [0.1, 0.15) is 12.6 Å². The van der Waals surface area contributed by atoms with Gasteiger partial charge < -0.3 is 10.3 Å². The first kappa shape index (κ1) is 7.61. The van der Waals surface area contributed by atoms with Crippen LogP contribution >= 0.6 is 0 Å². The largest absolute Gasteiger partial charge is 0.382 e. The Labute approximate surface area is 72.0 Å². The molecule has 2 rings (SSSR count). The summed E-state index contributed by atoms with van der Waals surface area (Å²) in [5.41, 5.74) is 6.89. The number of rotatable bonds is 1. The number of hydrogen-bond donors (Lipinski definition) is 1. The lowest BCUT2D eigenvalue weighted by atomic mass is 10.3. The van der Waals surface area contributed by atoms with Crippen LogP contribution < -0.4 is 5.73 Å². The van der Waals surface area contributed by atoms with Crippen LogP contribution in [0.15, 0.2) is 6.33 Å². The second-order valence-corrected chi connectivity index (χ2v) is 3.14. The highest BCUT2D eigenvalue weighted by Crippen LogP contribution is 2.16. The van der Waals surface area contributed by atoms with Crippen molar-refractivity contribution in [3.05, 3.63) is 12.0 Å². The van der Waals surface area contributed by atoms with Crippen molar-refractivity contribution >= 4 is 5.82 Å². The van der Waals surface area contributed by atoms with Crippen molar-refractivity contribution in [1.29, 1.82) is 0 Å². The Morgan fingerprint density at radius 1 is 1.58 bits per heavy atom. The van der Waals surface area contributed by atoms with Gasteiger partial charge >= 0.3 is 0 Å². The van der Waals surface area contributed by atoms with Crippen LogP contribution in [0.25, 0.3) is 0 Å². The molecule has 0 radical (unpaired) electrons. The Hall–Kier alpha value is -1.03. The van der Waals surface area contributed by atoms with Crippen LogP contribution in [0.5, 0.6) is 0 Å². The topological polar surface area (TPSA) is 47.1 Å². The van der Waals surface area contributed by atoms with E-state index in [1.165, 1.54) is 5.69 Å². The SMILES string of the molecule is CCN1CCn2cnc(N)c2C1. The summed E-state index contributed by atoms with van der Waals surface area (Å²) in [5.74, 6) is 0.688. The highest BCUT2D eigenvalue weighted by Gasteiger charge is 2.16. The quantitative estimate of drug-likeness (QED) is 0.652. The number of anilines is 1. The summed E-state index contributed by atoms with van der Waals surface area (Å²) in [7, 11) is 0. The van der Waals surface area contributed by atoms with Crippen LogP contribution in [0, 0.1) is 0 Å². The zero-order valence-corrected chi connectivity index (χ0v) is 7.32. The summed E-state index contributed by atoms with van der Waals surface area (Å²) in [5, 5.41) is 0. The summed E-state index contributed by atoms with van der Waals surface area (Å²) in [6.07, 6.45) is 1.83. The lowest BCUT2D eigenvalue weighted by Gasteiger charge is -2.26. The van der Waals surface area contributed by atoms with Crippen molar-refractivity contribution in [2.24, 2.45) is 0 Å². The van der Waals surface area contributed by atoms with Gasteiger partial charge in [-0.2, -0.15) is 0 Å². The van der Waals surface area contributed by atoms with E-state index in [0.717, 1.165) is 26.2 Å². The molecule has 0 saturated heterocycles. The standard InChI is InChI=1S/C8H14N4/c1-2-11-3-4-12-6-10-8(9)7(12)5-11/h6H,2-5,9H2,1H3. The highest BCUT2D eigenvalue weighted by atomic mass is 15.2. The minimum Gasteiger partial charge on any atom is -0.382 e. The van der Waals surface area contributed by atoms with Gasteiger partial charge in [0.1, 0.15) is 5.82 Å². The molecule has 1 aromatic heterocycles. The fraction of sp³-hybridized carbons (Fsp3) is 0.625. The maximum atomic E-state index is 5.72. The smallest absolute Gasteiger partial charge is 0.146 e. The molecule has 0 spiro atoms. The molecule has 12 heavy (non-hydrogen) atoms. The van der Waals surface area contributed by atoms with Crippen molar-refractivity contribution < 1.29 is 0 Å². The molecule has 0 saturated carbocycles. The number of aromatic nitrogens is 2. The van der Waals surface area contributed by atoms with Gasteiger partial charge in [0.05, 0.1) is 12.0 Å². The molecule has 0 aromatic carbocycles. The minimum absolute atomic E-state index is 0.688. The average molecular weight is 166 g/mol. The lowest BCUT2D eigenvalue weighted by Crippen LogP contribution is -2.33. The Balaban J connectivity index is 2.26. The Morgan fingerprint density at radius 2 is 2.42 bits per heavy atom. The van der Waals surface area contributed by atoms with Crippen molar-refractivity contribution in [3.63, 3.8) is 0 Å². The monoisotopic (exact) mass is 166 g/mol. The zero-order chi connectivity index (χ0) is 8.55. The van der Waals surface area contributed by atoms with Gasteiger partial charge in [-0.3, -0.25) is 4.90 Å². The third-order valence-electron chi connectivity index (χ3n) is 2.46. The molecule has 1 aromatic rings. The number of nitrogens with zero attached hydrogens (tertiary/aromatic N) is 3. The molecule has 2 heterocycles. The van der Waals surface area contributed by atoms with Crippen molar-refractivity contribution in [3.8, 4) is 0 Å². The summed E-state index contributed by atoms with van der Waals surface area (Å²) >= 11 is 0. The predicted molar refractivity (Wildman–Crippen MR) is 47.6 cm³/mol. The highest BCUT2D eigenvalue weighted by molar-refractivity contribution is 5.35. The van der Waals surface area contributed by atoms with Gasteiger partial charge in [-0.1, -0.05) is 6.92 Å². The van der Waals surface area contributed by atoms with Gasteiger partial charge in [-0.05, 0) is 6.54 Å². The molecule has 2 N–H and O–H groups in total. The van der Waals surface area contributed by atoms with Crippen LogP contribution in [-0.4, -0.2) is 27.5 Å². The number of hydrogen-bond acceptors (Lipinski definition) is 3. The number of nitrogens with two attached hydrogens (primary N) is 1. The Morgan fingerprint density at radius 3 is 3.17 bits per heavy atom. The molecule has 0 amide bonds. The second kappa shape index (κ2) is 2.79. The van der Waals surface area contributed by atoms with Crippen molar-refractivity contribution in [2.75, 3.05) is 18.8 Å². The predicted octanol–water partition coefficient (Wildman–Crippen LogP) is 0.301. The Kier molecular flexibility index (Phi) is 1.77. The third kappa shape index (κ3) is 1.08. The van der Waals surface area contributed by atoms with E-state index in [4.69, 9.17) is 5.73 Å². The van der Waals surface area contributed by atoms with Crippen LogP contribution in [-0.2, 0) is 13.1 Å². The molecule has 66 valence electrons. The first-order chi connectivity index (χ1) is 5.81. The molecule has 1 aliphatic rings. The van der Waals surface area contributed by atoms with E-state index in [2.05, 4.69) is 21.4 Å². The first-order valence-electron chi connectivity index (χ1n) is 4.33. The number of fused-ring (bicyclic) bond motifs is 1. The molecule has 4 heteroatoms. The second-order valence-electron chi connectivity index (χ2n) is 3.14. The van der Waals surface area contributed by atoms with Crippen LogP contribution in [0.2, 0.25) is 0 Å². The van der Waals surface area contributed by atoms with E-state index in [-0.39, 0.29) is 0 Å². The van der Waals surface area contributed by atoms with E-state index >= 15 is 0 Å². The molecule has 0 atom stereocenters. The third-order valence-corrected chi connectivity index (χ3v) is 2.46. The molecule has 0 bridgehead atoms. The zero-order valence-electron chi connectivity index (χ0n) is 7.32. The van der Waals surface area contributed by atoms with E-state index < -0.39 is 0 Å². The molecule has 4 nitrogen and oxygen atoms in total. The van der Waals surface area contributed by atoms with Gasteiger partial charge in [-0.15, -0.1) is 0 Å². The molecular formula is C8H14N4. The first-order valence-corrected chi connectivity index (χ1v) is 4.33. The molecular weight excluding hydrogens is 152 g/mol. The van der Waals surface area contributed by atoms with Gasteiger partial charge in [0.2, 0.25) is 0 Å². The molecule has 1 aliphatic heterocycles. The van der Waals surface area contributed by atoms with E-state index in [0.29, 0.717) is 5.82 Å². The maximum absolute atomic E-state index is 5.72. The molecule has 0 aliphatic carbocycles. The van der Waals surface area contributed by atoms with Gasteiger partial charge in [-0.25, -0.2) is 4.98 Å². The number of imidazole rings is 1. The number of nitrogen functional groups attached to an aromatic ring is 1. The van der Waals surface area contributed by atoms with Gasteiger partial charge in [0, 0.05) is 19.6 Å². The summed E-state index contributed by atoms with van der Waals surface area (Å²) in [6.45, 7) is 6.34. The van der Waals surface area contributed by atoms with E-state index in [9.17, 15) is 0 Å². The van der Waals surface area contributed by atoms with Crippen molar-refractivity contribution in [1.82, 2.24) is 14.5 Å². The average Bonchev–Trinajstić information content (AvgIpc) is 2.47. The summed E-state index contributed by atoms with van der Waals surface area (Å²) in [4.78, 5) is 6.45. The normalized spacial score (nSPS) is 17.8. The van der Waals surface area contributed by atoms with Crippen LogP contribution in [0.3, 0.4) is 0 Å².